The van der Waals surface area contributed by atoms with Gasteiger partial charge in [0.1, 0.15) is 12.7 Å². The molecule has 0 saturated heterocycles. The van der Waals surface area contributed by atoms with Crippen LogP contribution in [-0.2, 0) is 6.54 Å². The number of carbonyl (C=O) groups excluding carboxylic acids is 1. The summed E-state index contributed by atoms with van der Waals surface area (Å²) in [7, 11) is 0. The summed E-state index contributed by atoms with van der Waals surface area (Å²) in [4.78, 5) is 16.3. The molecule has 0 spiro atoms. The number of anilines is 1. The number of fused-ring (bicyclic) bond motifs is 1. The third-order valence-corrected chi connectivity index (χ3v) is 3.57. The Morgan fingerprint density at radius 2 is 1.96 bits per heavy atom. The van der Waals surface area contributed by atoms with Crippen LogP contribution in [0.3, 0.4) is 0 Å². The Labute approximate surface area is 136 Å². The first-order valence-corrected chi connectivity index (χ1v) is 7.32. The summed E-state index contributed by atoms with van der Waals surface area (Å²) < 4.78 is 3.44. The Morgan fingerprint density at radius 3 is 2.75 bits per heavy atom. The summed E-state index contributed by atoms with van der Waals surface area (Å²) in [6.07, 6.45) is 4.94. The molecule has 1 aromatic carbocycles. The van der Waals surface area contributed by atoms with Gasteiger partial charge in [0.25, 0.3) is 5.91 Å². The monoisotopic (exact) mass is 319 g/mol. The molecule has 0 saturated carbocycles. The van der Waals surface area contributed by atoms with Gasteiger partial charge in [0.05, 0.1) is 6.54 Å². The number of carbonyl (C=O) groups is 1. The van der Waals surface area contributed by atoms with Crippen LogP contribution in [0.2, 0.25) is 0 Å². The van der Waals surface area contributed by atoms with E-state index < -0.39 is 0 Å². The van der Waals surface area contributed by atoms with E-state index in [1.165, 1.54) is 6.33 Å². The predicted molar refractivity (Wildman–Crippen MR) is 86.5 cm³/mol. The SMILES string of the molecule is O=C(Nc1nnc2ccccn12)c1ccc(Cn2cncn2)cc1. The molecule has 4 rings (SSSR count). The Bertz CT molecular complexity index is 973. The van der Waals surface area contributed by atoms with Crippen molar-refractivity contribution in [1.82, 2.24) is 29.4 Å². The first-order valence-electron chi connectivity index (χ1n) is 7.32. The lowest BCUT2D eigenvalue weighted by Crippen LogP contribution is -2.14. The first kappa shape index (κ1) is 14.1. The van der Waals surface area contributed by atoms with Crippen LogP contribution in [0.15, 0.2) is 61.3 Å². The van der Waals surface area contributed by atoms with E-state index in [0.29, 0.717) is 23.7 Å². The molecule has 0 fully saturated rings. The second-order valence-electron chi connectivity index (χ2n) is 5.20. The van der Waals surface area contributed by atoms with Gasteiger partial charge in [0.2, 0.25) is 5.95 Å². The Balaban J connectivity index is 1.50. The van der Waals surface area contributed by atoms with Crippen LogP contribution in [0, 0.1) is 0 Å². The fraction of sp³-hybridized carbons (Fsp3) is 0.0625. The normalized spacial score (nSPS) is 10.8. The molecule has 24 heavy (non-hydrogen) atoms. The molecule has 8 nitrogen and oxygen atoms in total. The molecular weight excluding hydrogens is 306 g/mol. The van der Waals surface area contributed by atoms with Gasteiger partial charge < -0.3 is 0 Å². The van der Waals surface area contributed by atoms with Gasteiger partial charge in [-0.3, -0.25) is 14.5 Å². The van der Waals surface area contributed by atoms with Crippen molar-refractivity contribution in [3.63, 3.8) is 0 Å². The number of hydrogen-bond acceptors (Lipinski definition) is 5. The molecule has 0 unspecified atom stereocenters. The fourth-order valence-corrected chi connectivity index (χ4v) is 2.36. The lowest BCUT2D eigenvalue weighted by molar-refractivity contribution is 0.102. The zero-order valence-electron chi connectivity index (χ0n) is 12.6. The summed E-state index contributed by atoms with van der Waals surface area (Å²) in [5.41, 5.74) is 2.26. The Hall–Kier alpha value is -3.55. The number of hydrogen-bond donors (Lipinski definition) is 1. The first-order chi connectivity index (χ1) is 11.8. The van der Waals surface area contributed by atoms with Crippen LogP contribution in [0.25, 0.3) is 5.65 Å². The van der Waals surface area contributed by atoms with Gasteiger partial charge in [0, 0.05) is 11.8 Å². The molecule has 0 aliphatic carbocycles. The van der Waals surface area contributed by atoms with Crippen molar-refractivity contribution in [3.05, 3.63) is 72.4 Å². The summed E-state index contributed by atoms with van der Waals surface area (Å²) in [6.45, 7) is 0.608. The van der Waals surface area contributed by atoms with Crippen molar-refractivity contribution >= 4 is 17.5 Å². The summed E-state index contributed by atoms with van der Waals surface area (Å²) in [5, 5.41) is 14.8. The molecule has 3 heterocycles. The smallest absolute Gasteiger partial charge is 0.258 e. The molecule has 0 bridgehead atoms. The molecule has 1 amide bonds. The van der Waals surface area contributed by atoms with Gasteiger partial charge in [-0.2, -0.15) is 5.10 Å². The summed E-state index contributed by atoms with van der Waals surface area (Å²) >= 11 is 0. The van der Waals surface area contributed by atoms with Gasteiger partial charge in [-0.1, -0.05) is 18.2 Å². The molecule has 0 radical (unpaired) electrons. The van der Waals surface area contributed by atoms with Crippen LogP contribution >= 0.6 is 0 Å². The number of rotatable bonds is 4. The Kier molecular flexibility index (Phi) is 3.47. The van der Waals surface area contributed by atoms with Crippen molar-refractivity contribution in [1.29, 1.82) is 0 Å². The lowest BCUT2D eigenvalue weighted by atomic mass is 10.1. The topological polar surface area (TPSA) is 90.0 Å². The minimum atomic E-state index is -0.236. The maximum atomic E-state index is 12.4. The second kappa shape index (κ2) is 5.92. The van der Waals surface area contributed by atoms with Crippen LogP contribution in [0.4, 0.5) is 5.95 Å². The fourth-order valence-electron chi connectivity index (χ4n) is 2.36. The van der Waals surface area contributed by atoms with E-state index in [1.54, 1.807) is 33.7 Å². The number of amides is 1. The number of aromatic nitrogens is 6. The quantitative estimate of drug-likeness (QED) is 0.617. The molecule has 0 atom stereocenters. The van der Waals surface area contributed by atoms with E-state index in [9.17, 15) is 4.79 Å². The number of nitrogens with one attached hydrogen (secondary N) is 1. The largest absolute Gasteiger partial charge is 0.290 e. The van der Waals surface area contributed by atoms with E-state index in [0.717, 1.165) is 5.56 Å². The van der Waals surface area contributed by atoms with Crippen LogP contribution < -0.4 is 5.32 Å². The number of benzene rings is 1. The maximum absolute atomic E-state index is 12.4. The van der Waals surface area contributed by atoms with Gasteiger partial charge in [0.15, 0.2) is 5.65 Å². The molecular formula is C16H13N7O. The van der Waals surface area contributed by atoms with E-state index >= 15 is 0 Å². The highest BCUT2D eigenvalue weighted by Crippen LogP contribution is 2.11. The molecule has 4 aromatic rings. The molecule has 0 aliphatic heterocycles. The minimum absolute atomic E-state index is 0.236. The third-order valence-electron chi connectivity index (χ3n) is 3.57. The molecule has 3 aromatic heterocycles. The molecule has 118 valence electrons. The van der Waals surface area contributed by atoms with Gasteiger partial charge in [-0.15, -0.1) is 10.2 Å². The molecule has 1 N–H and O–H groups in total. The van der Waals surface area contributed by atoms with Crippen molar-refractivity contribution in [3.8, 4) is 0 Å². The third kappa shape index (κ3) is 2.72. The summed E-state index contributed by atoms with van der Waals surface area (Å²) in [5.74, 6) is 0.155. The highest BCUT2D eigenvalue weighted by molar-refractivity contribution is 6.03. The average Bonchev–Trinajstić information content (AvgIpc) is 3.26. The standard InChI is InChI=1S/C16H13N7O/c24-15(19-16-21-20-14-3-1-2-8-23(14)16)13-6-4-12(5-7-13)9-22-11-17-10-18-22/h1-8,10-11H,9H2,(H,19,21,24). The second-order valence-corrected chi connectivity index (χ2v) is 5.20. The average molecular weight is 319 g/mol. The predicted octanol–water partition coefficient (Wildman–Crippen LogP) is 1.62. The molecule has 0 aliphatic rings. The Morgan fingerprint density at radius 1 is 1.08 bits per heavy atom. The molecule has 8 heteroatoms. The van der Waals surface area contributed by atoms with Gasteiger partial charge >= 0.3 is 0 Å². The minimum Gasteiger partial charge on any atom is -0.290 e. The van der Waals surface area contributed by atoms with Gasteiger partial charge in [-0.25, -0.2) is 9.67 Å². The maximum Gasteiger partial charge on any atom is 0.258 e. The zero-order chi connectivity index (χ0) is 16.4. The van der Waals surface area contributed by atoms with Crippen molar-refractivity contribution < 1.29 is 4.79 Å². The number of pyridine rings is 1. The van der Waals surface area contributed by atoms with E-state index in [1.807, 2.05) is 30.3 Å². The van der Waals surface area contributed by atoms with Gasteiger partial charge in [-0.05, 0) is 29.8 Å². The van der Waals surface area contributed by atoms with Crippen molar-refractivity contribution in [2.24, 2.45) is 0 Å². The van der Waals surface area contributed by atoms with Crippen LogP contribution in [0.5, 0.6) is 0 Å². The van der Waals surface area contributed by atoms with Crippen molar-refractivity contribution in [2.45, 2.75) is 6.54 Å². The van der Waals surface area contributed by atoms with Crippen LogP contribution in [0.1, 0.15) is 15.9 Å². The zero-order valence-corrected chi connectivity index (χ0v) is 12.6. The van der Waals surface area contributed by atoms with E-state index in [4.69, 9.17) is 0 Å². The van der Waals surface area contributed by atoms with E-state index in [-0.39, 0.29) is 5.91 Å². The lowest BCUT2D eigenvalue weighted by Gasteiger charge is -2.05. The van der Waals surface area contributed by atoms with Crippen LogP contribution in [-0.4, -0.2) is 35.3 Å². The number of nitrogens with zero attached hydrogens (tertiary/aromatic N) is 6. The summed E-state index contributed by atoms with van der Waals surface area (Å²) in [6, 6.07) is 12.8. The van der Waals surface area contributed by atoms with E-state index in [2.05, 4.69) is 25.6 Å². The highest BCUT2D eigenvalue weighted by Gasteiger charge is 2.11. The highest BCUT2D eigenvalue weighted by atomic mass is 16.1. The van der Waals surface area contributed by atoms with Crippen molar-refractivity contribution in [2.75, 3.05) is 5.32 Å².